The highest BCUT2D eigenvalue weighted by Gasteiger charge is 2.30. The summed E-state index contributed by atoms with van der Waals surface area (Å²) >= 11 is 1.47. The fourth-order valence-electron chi connectivity index (χ4n) is 2.88. The summed E-state index contributed by atoms with van der Waals surface area (Å²) in [5.41, 5.74) is 8.28. The van der Waals surface area contributed by atoms with Crippen molar-refractivity contribution in [2.24, 2.45) is 5.92 Å². The summed E-state index contributed by atoms with van der Waals surface area (Å²) in [7, 11) is 0. The molecule has 0 radical (unpaired) electrons. The van der Waals surface area contributed by atoms with Gasteiger partial charge in [-0.05, 0) is 29.9 Å². The molecule has 2 unspecified atom stereocenters. The second kappa shape index (κ2) is 6.03. The first kappa shape index (κ1) is 14.4. The predicted octanol–water partition coefficient (Wildman–Crippen LogP) is 2.97. The quantitative estimate of drug-likeness (QED) is 0.911. The molecular weight excluding hydrogens is 280 g/mol. The number of hydrogen-bond donors (Lipinski definition) is 2. The number of hydrogen-bond acceptors (Lipinski definition) is 5. The van der Waals surface area contributed by atoms with Gasteiger partial charge in [-0.15, -0.1) is 0 Å². The summed E-state index contributed by atoms with van der Waals surface area (Å²) in [6.07, 6.45) is 0. The van der Waals surface area contributed by atoms with Gasteiger partial charge in [-0.2, -0.15) is 4.37 Å². The van der Waals surface area contributed by atoms with Crippen molar-refractivity contribution in [3.05, 3.63) is 41.5 Å². The second-order valence-electron chi connectivity index (χ2n) is 5.93. The van der Waals surface area contributed by atoms with Crippen molar-refractivity contribution < 1.29 is 0 Å². The maximum Gasteiger partial charge on any atom is 0.142 e. The van der Waals surface area contributed by atoms with E-state index in [-0.39, 0.29) is 0 Å². The molecular formula is C16H22N4S. The number of nitrogens with zero attached hydrogens (tertiary/aromatic N) is 2. The lowest BCUT2D eigenvalue weighted by Gasteiger charge is -2.17. The first-order chi connectivity index (χ1) is 10.1. The lowest BCUT2D eigenvalue weighted by molar-refractivity contribution is 0.319. The van der Waals surface area contributed by atoms with Crippen LogP contribution in [-0.2, 0) is 6.54 Å². The van der Waals surface area contributed by atoms with E-state index >= 15 is 0 Å². The third-order valence-corrected chi connectivity index (χ3v) is 5.11. The molecule has 1 aromatic heterocycles. The number of aromatic nitrogens is 1. The SMILES string of the molecule is Cc1c(N)nsc1NC1CN(Cc2ccccc2)CC1C. The van der Waals surface area contributed by atoms with E-state index in [2.05, 4.69) is 51.8 Å². The Balaban J connectivity index is 1.62. The van der Waals surface area contributed by atoms with Crippen LogP contribution in [0.15, 0.2) is 30.3 Å². The molecule has 0 saturated carbocycles. The van der Waals surface area contributed by atoms with Crippen LogP contribution in [0, 0.1) is 12.8 Å². The van der Waals surface area contributed by atoms with Gasteiger partial charge in [-0.3, -0.25) is 4.90 Å². The summed E-state index contributed by atoms with van der Waals surface area (Å²) in [6, 6.07) is 11.1. The number of nitrogens with one attached hydrogen (secondary N) is 1. The average Bonchev–Trinajstić information content (AvgIpc) is 2.97. The Bertz CT molecular complexity index is 596. The third-order valence-electron chi connectivity index (χ3n) is 4.21. The van der Waals surface area contributed by atoms with Crippen molar-refractivity contribution in [1.29, 1.82) is 0 Å². The molecule has 2 atom stereocenters. The molecule has 3 N–H and O–H groups in total. The number of nitrogens with two attached hydrogens (primary N) is 1. The molecule has 112 valence electrons. The number of anilines is 2. The predicted molar refractivity (Wildman–Crippen MR) is 89.6 cm³/mol. The minimum atomic E-state index is 0.465. The molecule has 21 heavy (non-hydrogen) atoms. The molecule has 5 heteroatoms. The van der Waals surface area contributed by atoms with E-state index in [0.717, 1.165) is 30.2 Å². The van der Waals surface area contributed by atoms with Crippen LogP contribution in [0.25, 0.3) is 0 Å². The summed E-state index contributed by atoms with van der Waals surface area (Å²) in [4.78, 5) is 2.51. The zero-order valence-electron chi connectivity index (χ0n) is 12.5. The summed E-state index contributed by atoms with van der Waals surface area (Å²) in [5, 5.41) is 4.75. The van der Waals surface area contributed by atoms with E-state index < -0.39 is 0 Å². The molecule has 0 amide bonds. The first-order valence-corrected chi connectivity index (χ1v) is 8.15. The number of benzene rings is 1. The van der Waals surface area contributed by atoms with E-state index in [4.69, 9.17) is 5.73 Å². The van der Waals surface area contributed by atoms with Crippen LogP contribution in [0.2, 0.25) is 0 Å². The van der Waals surface area contributed by atoms with Crippen molar-refractivity contribution in [2.75, 3.05) is 24.1 Å². The average molecular weight is 302 g/mol. The minimum absolute atomic E-state index is 0.465. The van der Waals surface area contributed by atoms with E-state index in [9.17, 15) is 0 Å². The second-order valence-corrected chi connectivity index (χ2v) is 6.70. The van der Waals surface area contributed by atoms with Crippen LogP contribution in [0.4, 0.5) is 10.8 Å². The van der Waals surface area contributed by atoms with Crippen LogP contribution in [0.3, 0.4) is 0 Å². The molecule has 1 aliphatic heterocycles. The maximum atomic E-state index is 5.83. The Kier molecular flexibility index (Phi) is 4.12. The first-order valence-electron chi connectivity index (χ1n) is 7.38. The fraction of sp³-hybridized carbons (Fsp3) is 0.438. The van der Waals surface area contributed by atoms with Crippen molar-refractivity contribution in [3.63, 3.8) is 0 Å². The van der Waals surface area contributed by atoms with Gasteiger partial charge in [0.2, 0.25) is 0 Å². The monoisotopic (exact) mass is 302 g/mol. The largest absolute Gasteiger partial charge is 0.383 e. The van der Waals surface area contributed by atoms with Gasteiger partial charge < -0.3 is 11.1 Å². The van der Waals surface area contributed by atoms with Crippen molar-refractivity contribution in [3.8, 4) is 0 Å². The van der Waals surface area contributed by atoms with Crippen molar-refractivity contribution >= 4 is 22.4 Å². The lowest BCUT2D eigenvalue weighted by atomic mass is 10.1. The number of likely N-dealkylation sites (tertiary alicyclic amines) is 1. The molecule has 4 nitrogen and oxygen atoms in total. The molecule has 0 aliphatic carbocycles. The van der Waals surface area contributed by atoms with E-state index in [0.29, 0.717) is 17.8 Å². The molecule has 1 aromatic carbocycles. The van der Waals surface area contributed by atoms with Gasteiger partial charge in [0.25, 0.3) is 0 Å². The Morgan fingerprint density at radius 3 is 2.76 bits per heavy atom. The molecule has 3 rings (SSSR count). The van der Waals surface area contributed by atoms with Gasteiger partial charge in [0, 0.05) is 31.2 Å². The van der Waals surface area contributed by atoms with Gasteiger partial charge in [-0.1, -0.05) is 37.3 Å². The van der Waals surface area contributed by atoms with Crippen LogP contribution < -0.4 is 11.1 Å². The van der Waals surface area contributed by atoms with Gasteiger partial charge in [0.1, 0.15) is 10.8 Å². The third kappa shape index (κ3) is 3.19. The van der Waals surface area contributed by atoms with E-state index in [1.807, 2.05) is 6.92 Å². The molecule has 1 saturated heterocycles. The zero-order chi connectivity index (χ0) is 14.8. The lowest BCUT2D eigenvalue weighted by Crippen LogP contribution is -2.27. The van der Waals surface area contributed by atoms with Crippen molar-refractivity contribution in [2.45, 2.75) is 26.4 Å². The van der Waals surface area contributed by atoms with Gasteiger partial charge in [0.15, 0.2) is 0 Å². The standard InChI is InChI=1S/C16H22N4S/c1-11-8-20(9-13-6-4-3-5-7-13)10-14(11)18-16-12(2)15(17)19-21-16/h3-7,11,14,18H,8-10H2,1-2H3,(H2,17,19). The summed E-state index contributed by atoms with van der Waals surface area (Å²) < 4.78 is 4.21. The number of rotatable bonds is 4. The van der Waals surface area contributed by atoms with Gasteiger partial charge >= 0.3 is 0 Å². The molecule has 1 aliphatic rings. The van der Waals surface area contributed by atoms with Crippen molar-refractivity contribution in [1.82, 2.24) is 9.27 Å². The smallest absolute Gasteiger partial charge is 0.142 e. The topological polar surface area (TPSA) is 54.2 Å². The normalized spacial score (nSPS) is 22.6. The zero-order valence-corrected chi connectivity index (χ0v) is 13.4. The maximum absolute atomic E-state index is 5.83. The molecule has 2 heterocycles. The minimum Gasteiger partial charge on any atom is -0.383 e. The highest BCUT2D eigenvalue weighted by Crippen LogP contribution is 2.29. The van der Waals surface area contributed by atoms with Gasteiger partial charge in [0.05, 0.1) is 0 Å². The van der Waals surface area contributed by atoms with E-state index in [1.54, 1.807) is 0 Å². The summed E-state index contributed by atoms with van der Waals surface area (Å²) in [5.74, 6) is 1.27. The van der Waals surface area contributed by atoms with Crippen LogP contribution in [-0.4, -0.2) is 28.4 Å². The van der Waals surface area contributed by atoms with Crippen LogP contribution in [0.1, 0.15) is 18.1 Å². The van der Waals surface area contributed by atoms with Crippen LogP contribution in [0.5, 0.6) is 0 Å². The van der Waals surface area contributed by atoms with Crippen LogP contribution >= 0.6 is 11.5 Å². The summed E-state index contributed by atoms with van der Waals surface area (Å²) in [6.45, 7) is 7.55. The Labute approximate surface area is 130 Å². The molecule has 0 bridgehead atoms. The molecule has 2 aromatic rings. The fourth-order valence-corrected chi connectivity index (χ4v) is 3.65. The number of nitrogen functional groups attached to an aromatic ring is 1. The highest BCUT2D eigenvalue weighted by atomic mass is 32.1. The van der Waals surface area contributed by atoms with E-state index in [1.165, 1.54) is 17.1 Å². The highest BCUT2D eigenvalue weighted by molar-refractivity contribution is 7.10. The Hall–Kier alpha value is -1.59. The van der Waals surface area contributed by atoms with Gasteiger partial charge in [-0.25, -0.2) is 0 Å². The molecule has 1 fully saturated rings. The Morgan fingerprint density at radius 2 is 2.10 bits per heavy atom. The molecule has 0 spiro atoms. The Morgan fingerprint density at radius 1 is 1.33 bits per heavy atom.